The zero-order valence-corrected chi connectivity index (χ0v) is 20.4. The number of nitrogens with two attached hydrogens (primary N) is 2. The Balaban J connectivity index is 1.69. The van der Waals surface area contributed by atoms with Crippen molar-refractivity contribution in [1.82, 2.24) is 4.57 Å². The van der Waals surface area contributed by atoms with Crippen LogP contribution < -0.4 is 16.8 Å². The highest BCUT2D eigenvalue weighted by molar-refractivity contribution is 6.01. The first-order valence-corrected chi connectivity index (χ1v) is 12.1. The minimum Gasteiger partial charge on any atom is -0.460 e. The van der Waals surface area contributed by atoms with Gasteiger partial charge in [-0.2, -0.15) is 0 Å². The Morgan fingerprint density at radius 1 is 1.20 bits per heavy atom. The maximum Gasteiger partial charge on any atom is 0.343 e. The smallest absolute Gasteiger partial charge is 0.343 e. The van der Waals surface area contributed by atoms with Crippen molar-refractivity contribution in [3.63, 3.8) is 0 Å². The third-order valence-corrected chi connectivity index (χ3v) is 6.86. The molecule has 1 heterocycles. The zero-order chi connectivity index (χ0) is 25.5. The van der Waals surface area contributed by atoms with Crippen LogP contribution in [0.2, 0.25) is 0 Å². The summed E-state index contributed by atoms with van der Waals surface area (Å²) in [5.74, 6) is -2.48. The van der Waals surface area contributed by atoms with Gasteiger partial charge in [0.15, 0.2) is 11.9 Å². The van der Waals surface area contributed by atoms with E-state index in [1.54, 1.807) is 10.8 Å². The predicted molar refractivity (Wildman–Crippen MR) is 130 cm³/mol. The molecule has 2 aromatic rings. The molecule has 2 aliphatic carbocycles. The number of ketones is 1. The number of carbonyl (C=O) groups is 3. The lowest BCUT2D eigenvalue weighted by Gasteiger charge is -2.30. The number of hydrogen-bond donors (Lipinski definition) is 3. The molecule has 0 saturated heterocycles. The van der Waals surface area contributed by atoms with Crippen molar-refractivity contribution in [2.75, 3.05) is 5.32 Å². The zero-order valence-electron chi connectivity index (χ0n) is 20.4. The summed E-state index contributed by atoms with van der Waals surface area (Å²) in [5.41, 5.74) is 13.4. The minimum absolute atomic E-state index is 0.0120. The standard InChI is InChI=1S/C26H33FN4O4/c1-14-13-31(19-11-26(2,3)12-20(32)21(14)19)15-9-17(27)22(24(29)33)18(10-15)30-23(28)25(34)35-16-7-5-4-6-8-16/h9-10,13,16,23,30H,4-8,11-12,28H2,1-3H3,(H2,29,33). The molecule has 9 heteroatoms. The van der Waals surface area contributed by atoms with Crippen LogP contribution in [-0.2, 0) is 16.0 Å². The quantitative estimate of drug-likeness (QED) is 0.423. The Labute approximate surface area is 204 Å². The molecule has 4 rings (SSSR count). The molecule has 8 nitrogen and oxygen atoms in total. The summed E-state index contributed by atoms with van der Waals surface area (Å²) in [4.78, 5) is 37.4. The highest BCUT2D eigenvalue weighted by Crippen LogP contribution is 2.38. The van der Waals surface area contributed by atoms with Crippen LogP contribution >= 0.6 is 0 Å². The molecule has 1 fully saturated rings. The molecule has 1 aromatic carbocycles. The second kappa shape index (κ2) is 9.45. The number of aromatic nitrogens is 1. The van der Waals surface area contributed by atoms with E-state index in [1.165, 1.54) is 12.1 Å². The maximum absolute atomic E-state index is 15.2. The number of esters is 1. The van der Waals surface area contributed by atoms with Crippen LogP contribution in [0.4, 0.5) is 10.1 Å². The number of carbonyl (C=O) groups excluding carboxylic acids is 3. The van der Waals surface area contributed by atoms with E-state index in [2.05, 4.69) is 5.32 Å². The predicted octanol–water partition coefficient (Wildman–Crippen LogP) is 3.75. The summed E-state index contributed by atoms with van der Waals surface area (Å²) in [5, 5.41) is 2.73. The van der Waals surface area contributed by atoms with Gasteiger partial charge in [0.2, 0.25) is 0 Å². The molecule has 0 radical (unpaired) electrons. The molecule has 2 aliphatic rings. The summed E-state index contributed by atoms with van der Waals surface area (Å²) < 4.78 is 22.4. The number of aryl methyl sites for hydroxylation is 1. The molecule has 1 amide bonds. The fourth-order valence-electron chi connectivity index (χ4n) is 5.25. The van der Waals surface area contributed by atoms with E-state index in [1.807, 2.05) is 20.8 Å². The first kappa shape index (κ1) is 24.9. The van der Waals surface area contributed by atoms with Crippen LogP contribution in [0, 0.1) is 18.2 Å². The van der Waals surface area contributed by atoms with E-state index in [0.717, 1.165) is 43.4 Å². The fourth-order valence-corrected chi connectivity index (χ4v) is 5.25. The van der Waals surface area contributed by atoms with Crippen molar-refractivity contribution in [3.05, 3.63) is 46.5 Å². The van der Waals surface area contributed by atoms with Crippen LogP contribution in [0.15, 0.2) is 18.3 Å². The van der Waals surface area contributed by atoms with Gasteiger partial charge >= 0.3 is 5.97 Å². The lowest BCUT2D eigenvalue weighted by atomic mass is 9.75. The van der Waals surface area contributed by atoms with E-state index in [0.29, 0.717) is 24.1 Å². The average molecular weight is 485 g/mol. The molecule has 1 unspecified atom stereocenters. The average Bonchev–Trinajstić information content (AvgIpc) is 3.08. The third kappa shape index (κ3) is 5.10. The Hall–Kier alpha value is -3.20. The first-order valence-electron chi connectivity index (χ1n) is 12.1. The van der Waals surface area contributed by atoms with Crippen molar-refractivity contribution in [3.8, 4) is 5.69 Å². The highest BCUT2D eigenvalue weighted by atomic mass is 19.1. The Morgan fingerprint density at radius 2 is 1.89 bits per heavy atom. The number of primary amides is 1. The second-order valence-electron chi connectivity index (χ2n) is 10.5. The number of anilines is 1. The number of halogens is 1. The lowest BCUT2D eigenvalue weighted by molar-refractivity contribution is -0.151. The van der Waals surface area contributed by atoms with Gasteiger partial charge < -0.3 is 26.1 Å². The number of rotatable bonds is 6. The molecule has 0 aliphatic heterocycles. The monoisotopic (exact) mass is 484 g/mol. The molecule has 1 saturated carbocycles. The van der Waals surface area contributed by atoms with Crippen molar-refractivity contribution in [2.45, 2.75) is 78.0 Å². The van der Waals surface area contributed by atoms with Crippen molar-refractivity contribution in [2.24, 2.45) is 16.9 Å². The fraction of sp³-hybridized carbons (Fsp3) is 0.500. The number of ether oxygens (including phenoxy) is 1. The van der Waals surface area contributed by atoms with Gasteiger partial charge in [0.05, 0.1) is 16.9 Å². The summed E-state index contributed by atoms with van der Waals surface area (Å²) >= 11 is 0. The number of nitrogens with zero attached hydrogens (tertiary/aromatic N) is 1. The number of amides is 1. The molecule has 188 valence electrons. The first-order chi connectivity index (χ1) is 16.5. The Kier molecular flexibility index (Phi) is 6.73. The van der Waals surface area contributed by atoms with Crippen LogP contribution in [-0.4, -0.2) is 34.5 Å². The van der Waals surface area contributed by atoms with Gasteiger partial charge in [0.1, 0.15) is 11.9 Å². The van der Waals surface area contributed by atoms with Gasteiger partial charge in [-0.3, -0.25) is 9.59 Å². The van der Waals surface area contributed by atoms with Gasteiger partial charge in [0, 0.05) is 23.9 Å². The third-order valence-electron chi connectivity index (χ3n) is 6.86. The molecular formula is C26H33FN4O4. The molecule has 0 bridgehead atoms. The molecular weight excluding hydrogens is 451 g/mol. The van der Waals surface area contributed by atoms with Gasteiger partial charge in [-0.1, -0.05) is 20.3 Å². The van der Waals surface area contributed by atoms with Gasteiger partial charge in [0.25, 0.3) is 5.91 Å². The SMILES string of the molecule is Cc1cn(-c2cc(F)c(C(N)=O)c(NC(N)C(=O)OC3CCCCC3)c2)c2c1C(=O)CC(C)(C)C2. The summed E-state index contributed by atoms with van der Waals surface area (Å²) in [6.07, 6.45) is 5.97. The van der Waals surface area contributed by atoms with E-state index in [-0.39, 0.29) is 23.0 Å². The molecule has 35 heavy (non-hydrogen) atoms. The van der Waals surface area contributed by atoms with Crippen LogP contribution in [0.1, 0.15) is 84.3 Å². The largest absolute Gasteiger partial charge is 0.460 e. The number of fused-ring (bicyclic) bond motifs is 1. The number of Topliss-reactive ketones (excluding diaryl/α,β-unsaturated/α-hetero) is 1. The summed E-state index contributed by atoms with van der Waals surface area (Å²) in [6.45, 7) is 5.87. The number of nitrogens with one attached hydrogen (secondary N) is 1. The molecule has 1 aromatic heterocycles. The van der Waals surface area contributed by atoms with Crippen molar-refractivity contribution >= 4 is 23.3 Å². The minimum atomic E-state index is -1.31. The van der Waals surface area contributed by atoms with E-state index >= 15 is 4.39 Å². The Bertz CT molecular complexity index is 1180. The Morgan fingerprint density at radius 3 is 2.54 bits per heavy atom. The van der Waals surface area contributed by atoms with E-state index < -0.39 is 29.4 Å². The van der Waals surface area contributed by atoms with Crippen molar-refractivity contribution < 1.29 is 23.5 Å². The number of hydrogen-bond acceptors (Lipinski definition) is 6. The van der Waals surface area contributed by atoms with Crippen LogP contribution in [0.25, 0.3) is 5.69 Å². The normalized spacial score (nSPS) is 18.6. The van der Waals surface area contributed by atoms with E-state index in [4.69, 9.17) is 16.2 Å². The number of benzene rings is 1. The highest BCUT2D eigenvalue weighted by Gasteiger charge is 2.35. The molecule has 5 N–H and O–H groups in total. The van der Waals surface area contributed by atoms with E-state index in [9.17, 15) is 14.4 Å². The van der Waals surface area contributed by atoms with Crippen LogP contribution in [0.3, 0.4) is 0 Å². The van der Waals surface area contributed by atoms with Gasteiger partial charge in [-0.25, -0.2) is 9.18 Å². The maximum atomic E-state index is 15.2. The summed E-state index contributed by atoms with van der Waals surface area (Å²) in [6, 6.07) is 2.71. The lowest BCUT2D eigenvalue weighted by Crippen LogP contribution is -2.42. The van der Waals surface area contributed by atoms with Crippen molar-refractivity contribution in [1.29, 1.82) is 0 Å². The summed E-state index contributed by atoms with van der Waals surface area (Å²) in [7, 11) is 0. The molecule has 1 atom stereocenters. The van der Waals surface area contributed by atoms with Gasteiger partial charge in [-0.15, -0.1) is 0 Å². The topological polar surface area (TPSA) is 129 Å². The molecule has 0 spiro atoms. The van der Waals surface area contributed by atoms with Crippen LogP contribution in [0.5, 0.6) is 0 Å². The second-order valence-corrected chi connectivity index (χ2v) is 10.5. The van der Waals surface area contributed by atoms with Gasteiger partial charge in [-0.05, 0) is 62.1 Å².